The molecule has 1 aliphatic rings. The van der Waals surface area contributed by atoms with Crippen LogP contribution >= 0.6 is 15.9 Å². The second-order valence-electron chi connectivity index (χ2n) is 5.61. The Labute approximate surface area is 143 Å². The van der Waals surface area contributed by atoms with Crippen molar-refractivity contribution in [3.8, 4) is 0 Å². The molecule has 1 aromatic carbocycles. The average molecular weight is 376 g/mol. The molecule has 2 aromatic rings. The van der Waals surface area contributed by atoms with Crippen molar-refractivity contribution in [2.75, 3.05) is 5.32 Å². The monoisotopic (exact) mass is 375 g/mol. The first-order valence-corrected chi connectivity index (χ1v) is 8.31. The number of pyridine rings is 1. The van der Waals surface area contributed by atoms with Gasteiger partial charge in [0.1, 0.15) is 11.2 Å². The summed E-state index contributed by atoms with van der Waals surface area (Å²) in [6.07, 6.45) is 0.331. The molecule has 3 rings (SSSR count). The number of carbonyl (C=O) groups is 1. The van der Waals surface area contributed by atoms with Gasteiger partial charge in [0.2, 0.25) is 0 Å². The van der Waals surface area contributed by atoms with Crippen molar-refractivity contribution in [3.05, 3.63) is 58.3 Å². The molecule has 5 nitrogen and oxygen atoms in total. The quantitative estimate of drug-likeness (QED) is 0.795. The fourth-order valence-electron chi connectivity index (χ4n) is 2.66. The van der Waals surface area contributed by atoms with Gasteiger partial charge in [-0.3, -0.25) is 0 Å². The number of halogens is 1. The Morgan fingerprint density at radius 3 is 2.91 bits per heavy atom. The summed E-state index contributed by atoms with van der Waals surface area (Å²) < 4.78 is 6.05. The molecule has 0 aliphatic carbocycles. The molecular weight excluding hydrogens is 358 g/mol. The van der Waals surface area contributed by atoms with Crippen LogP contribution in [0.1, 0.15) is 30.6 Å². The van der Waals surface area contributed by atoms with Crippen molar-refractivity contribution in [3.63, 3.8) is 0 Å². The third kappa shape index (κ3) is 4.01. The third-order valence-corrected chi connectivity index (χ3v) is 4.16. The molecular formula is C17H18BrN3O2. The van der Waals surface area contributed by atoms with E-state index in [1.54, 1.807) is 0 Å². The fourth-order valence-corrected chi connectivity index (χ4v) is 2.98. The number of anilines is 1. The standard InChI is InChI=1S/C17H18BrN3O2/c1-11-9-14(16-13(19-11)7-8-15(18)21-16)20-17(22)23-10-12-5-3-2-4-6-12/h2-8,11,14,19H,9-10H2,1H3,(H,20,22). The van der Waals surface area contributed by atoms with E-state index in [1.807, 2.05) is 42.5 Å². The van der Waals surface area contributed by atoms with Gasteiger partial charge in [-0.05, 0) is 47.0 Å². The number of hydrogen-bond acceptors (Lipinski definition) is 4. The van der Waals surface area contributed by atoms with Gasteiger partial charge in [-0.25, -0.2) is 9.78 Å². The van der Waals surface area contributed by atoms with Crippen LogP contribution in [0.5, 0.6) is 0 Å². The van der Waals surface area contributed by atoms with E-state index in [0.29, 0.717) is 0 Å². The molecule has 0 radical (unpaired) electrons. The molecule has 0 bridgehead atoms. The summed E-state index contributed by atoms with van der Waals surface area (Å²) in [5, 5.41) is 6.29. The van der Waals surface area contributed by atoms with Crippen LogP contribution in [0.4, 0.5) is 10.5 Å². The highest BCUT2D eigenvalue weighted by atomic mass is 79.9. The lowest BCUT2D eigenvalue weighted by atomic mass is 9.98. The lowest BCUT2D eigenvalue weighted by molar-refractivity contribution is 0.134. The molecule has 0 saturated carbocycles. The van der Waals surface area contributed by atoms with Crippen LogP contribution in [0.2, 0.25) is 0 Å². The van der Waals surface area contributed by atoms with Gasteiger partial charge in [0, 0.05) is 6.04 Å². The van der Waals surface area contributed by atoms with Crippen LogP contribution in [-0.2, 0) is 11.3 Å². The maximum absolute atomic E-state index is 12.1. The van der Waals surface area contributed by atoms with Gasteiger partial charge >= 0.3 is 6.09 Å². The fraction of sp³-hybridized carbons (Fsp3) is 0.294. The summed E-state index contributed by atoms with van der Waals surface area (Å²) in [4.78, 5) is 16.6. The number of nitrogens with one attached hydrogen (secondary N) is 2. The molecule has 1 amide bonds. The van der Waals surface area contributed by atoms with E-state index >= 15 is 0 Å². The van der Waals surface area contributed by atoms with Crippen molar-refractivity contribution < 1.29 is 9.53 Å². The molecule has 23 heavy (non-hydrogen) atoms. The van der Waals surface area contributed by atoms with E-state index < -0.39 is 6.09 Å². The highest BCUT2D eigenvalue weighted by Gasteiger charge is 2.27. The highest BCUT2D eigenvalue weighted by molar-refractivity contribution is 9.10. The second kappa shape index (κ2) is 7.00. The lowest BCUT2D eigenvalue weighted by Gasteiger charge is -2.30. The molecule has 0 saturated heterocycles. The summed E-state index contributed by atoms with van der Waals surface area (Å²) in [5.41, 5.74) is 2.73. The largest absolute Gasteiger partial charge is 0.445 e. The van der Waals surface area contributed by atoms with Gasteiger partial charge in [0.05, 0.1) is 17.4 Å². The Kier molecular flexibility index (Phi) is 4.81. The Morgan fingerprint density at radius 1 is 1.35 bits per heavy atom. The zero-order valence-electron chi connectivity index (χ0n) is 12.8. The number of hydrogen-bond donors (Lipinski definition) is 2. The molecule has 2 N–H and O–H groups in total. The van der Waals surface area contributed by atoms with Crippen LogP contribution in [0, 0.1) is 0 Å². The number of aromatic nitrogens is 1. The van der Waals surface area contributed by atoms with E-state index in [1.165, 1.54) is 0 Å². The number of rotatable bonds is 3. The maximum Gasteiger partial charge on any atom is 0.408 e. The van der Waals surface area contributed by atoms with Gasteiger partial charge in [0.25, 0.3) is 0 Å². The van der Waals surface area contributed by atoms with Crippen molar-refractivity contribution >= 4 is 27.7 Å². The minimum absolute atomic E-state index is 0.165. The van der Waals surface area contributed by atoms with Crippen LogP contribution in [0.15, 0.2) is 47.1 Å². The Bertz CT molecular complexity index is 693. The zero-order chi connectivity index (χ0) is 16.2. The molecule has 2 heterocycles. The summed E-state index contributed by atoms with van der Waals surface area (Å²) in [5.74, 6) is 0. The maximum atomic E-state index is 12.1. The second-order valence-corrected chi connectivity index (χ2v) is 6.42. The van der Waals surface area contributed by atoms with E-state index in [-0.39, 0.29) is 18.7 Å². The van der Waals surface area contributed by atoms with Gasteiger partial charge in [-0.15, -0.1) is 0 Å². The van der Waals surface area contributed by atoms with Crippen LogP contribution in [-0.4, -0.2) is 17.1 Å². The van der Waals surface area contributed by atoms with E-state index in [2.05, 4.69) is 38.5 Å². The van der Waals surface area contributed by atoms with Crippen LogP contribution in [0.3, 0.4) is 0 Å². The lowest BCUT2D eigenvalue weighted by Crippen LogP contribution is -2.37. The van der Waals surface area contributed by atoms with Crippen LogP contribution in [0.25, 0.3) is 0 Å². The van der Waals surface area contributed by atoms with E-state index in [9.17, 15) is 4.79 Å². The van der Waals surface area contributed by atoms with Crippen molar-refractivity contribution in [1.29, 1.82) is 0 Å². The number of benzene rings is 1. The molecule has 2 atom stereocenters. The summed E-state index contributed by atoms with van der Waals surface area (Å²) in [6.45, 7) is 2.33. The number of ether oxygens (including phenoxy) is 1. The average Bonchev–Trinajstić information content (AvgIpc) is 2.54. The zero-order valence-corrected chi connectivity index (χ0v) is 14.3. The molecule has 1 aliphatic heterocycles. The summed E-state index contributed by atoms with van der Waals surface area (Å²) >= 11 is 3.38. The molecule has 0 spiro atoms. The van der Waals surface area contributed by atoms with E-state index in [4.69, 9.17) is 4.74 Å². The van der Waals surface area contributed by atoms with Crippen molar-refractivity contribution in [2.45, 2.75) is 32.0 Å². The molecule has 2 unspecified atom stereocenters. The number of amides is 1. The summed E-state index contributed by atoms with van der Waals surface area (Å²) in [7, 11) is 0. The Balaban J connectivity index is 1.65. The van der Waals surface area contributed by atoms with Gasteiger partial charge in [0.15, 0.2) is 0 Å². The van der Waals surface area contributed by atoms with Crippen molar-refractivity contribution in [1.82, 2.24) is 10.3 Å². The summed E-state index contributed by atoms with van der Waals surface area (Å²) in [6, 6.07) is 13.6. The Morgan fingerprint density at radius 2 is 2.13 bits per heavy atom. The first kappa shape index (κ1) is 15.8. The van der Waals surface area contributed by atoms with Gasteiger partial charge in [-0.1, -0.05) is 30.3 Å². The van der Waals surface area contributed by atoms with E-state index in [0.717, 1.165) is 28.0 Å². The molecule has 6 heteroatoms. The smallest absolute Gasteiger partial charge is 0.408 e. The predicted octanol–water partition coefficient (Wildman–Crippen LogP) is 4.02. The minimum Gasteiger partial charge on any atom is -0.445 e. The Hall–Kier alpha value is -2.08. The van der Waals surface area contributed by atoms with Crippen LogP contribution < -0.4 is 10.6 Å². The van der Waals surface area contributed by atoms with Gasteiger partial charge < -0.3 is 15.4 Å². The third-order valence-electron chi connectivity index (χ3n) is 3.72. The van der Waals surface area contributed by atoms with Crippen molar-refractivity contribution in [2.24, 2.45) is 0 Å². The molecule has 120 valence electrons. The predicted molar refractivity (Wildman–Crippen MR) is 92.1 cm³/mol. The number of alkyl carbamates (subject to hydrolysis) is 1. The minimum atomic E-state index is -0.430. The molecule has 1 aromatic heterocycles. The number of carbonyl (C=O) groups excluding carboxylic acids is 1. The normalized spacial score (nSPS) is 19.4. The highest BCUT2D eigenvalue weighted by Crippen LogP contribution is 2.32. The number of nitrogens with zero attached hydrogens (tertiary/aromatic N) is 1. The number of fused-ring (bicyclic) bond motifs is 1. The first-order valence-electron chi connectivity index (χ1n) is 7.52. The topological polar surface area (TPSA) is 63.2 Å². The SMILES string of the molecule is CC1CC(NC(=O)OCc2ccccc2)c2nc(Br)ccc2N1. The first-order chi connectivity index (χ1) is 11.1. The van der Waals surface area contributed by atoms with Gasteiger partial charge in [-0.2, -0.15) is 0 Å². The molecule has 0 fully saturated rings.